The van der Waals surface area contributed by atoms with Gasteiger partial charge in [-0.1, -0.05) is 26.2 Å². The van der Waals surface area contributed by atoms with Crippen molar-refractivity contribution in [3.05, 3.63) is 0 Å². The van der Waals surface area contributed by atoms with Crippen LogP contribution in [0.1, 0.15) is 51.9 Å². The minimum absolute atomic E-state index is 0.119. The Kier molecular flexibility index (Phi) is 2.14. The van der Waals surface area contributed by atoms with Gasteiger partial charge in [0.2, 0.25) is 0 Å². The lowest BCUT2D eigenvalue weighted by atomic mass is 9.50. The fraction of sp³-hybridized carbons (Fsp3) is 0.833. The zero-order chi connectivity index (χ0) is 10.2. The quantitative estimate of drug-likeness (QED) is 0.639. The standard InChI is InChI=1S/C12H17NO/c1-11(5-3-2-4-6-11)12(9-13)7-10(14)8-12/h2-8H2,1H3. The molecule has 76 valence electrons. The molecule has 0 radical (unpaired) electrons. The molecule has 2 heteroatoms. The number of ketones is 1. The molecular formula is C12H17NO. The van der Waals surface area contributed by atoms with Gasteiger partial charge in [-0.25, -0.2) is 0 Å². The van der Waals surface area contributed by atoms with Crippen molar-refractivity contribution in [1.82, 2.24) is 0 Å². The third kappa shape index (κ3) is 1.19. The van der Waals surface area contributed by atoms with Crippen LogP contribution in [0.25, 0.3) is 0 Å². The highest BCUT2D eigenvalue weighted by Crippen LogP contribution is 2.57. The average Bonchev–Trinajstić information content (AvgIpc) is 2.13. The molecule has 2 rings (SSSR count). The highest BCUT2D eigenvalue weighted by atomic mass is 16.1. The van der Waals surface area contributed by atoms with Gasteiger partial charge in [-0.05, 0) is 18.3 Å². The first-order valence-corrected chi connectivity index (χ1v) is 5.55. The number of hydrogen-bond acceptors (Lipinski definition) is 2. The number of carbonyl (C=O) groups excluding carboxylic acids is 1. The van der Waals surface area contributed by atoms with Gasteiger partial charge in [0.15, 0.2) is 0 Å². The number of nitrogens with zero attached hydrogens (tertiary/aromatic N) is 1. The predicted octanol–water partition coefficient (Wildman–Crippen LogP) is 2.83. The Morgan fingerprint density at radius 2 is 1.79 bits per heavy atom. The maximum Gasteiger partial charge on any atom is 0.136 e. The van der Waals surface area contributed by atoms with Crippen molar-refractivity contribution in [3.63, 3.8) is 0 Å². The number of carbonyl (C=O) groups is 1. The van der Waals surface area contributed by atoms with Gasteiger partial charge in [0.25, 0.3) is 0 Å². The third-order valence-electron chi connectivity index (χ3n) is 4.32. The van der Waals surface area contributed by atoms with E-state index in [1.54, 1.807) is 0 Å². The number of hydrogen-bond donors (Lipinski definition) is 0. The van der Waals surface area contributed by atoms with Crippen LogP contribution in [0.5, 0.6) is 0 Å². The van der Waals surface area contributed by atoms with Crippen LogP contribution in [0.15, 0.2) is 0 Å². The minimum atomic E-state index is -0.301. The summed E-state index contributed by atoms with van der Waals surface area (Å²) in [4.78, 5) is 11.1. The lowest BCUT2D eigenvalue weighted by Crippen LogP contribution is -2.49. The first-order chi connectivity index (χ1) is 6.62. The van der Waals surface area contributed by atoms with Crippen LogP contribution < -0.4 is 0 Å². The van der Waals surface area contributed by atoms with Crippen LogP contribution in [-0.4, -0.2) is 5.78 Å². The molecule has 0 aromatic rings. The molecule has 0 aromatic heterocycles. The van der Waals surface area contributed by atoms with E-state index in [0.29, 0.717) is 12.8 Å². The summed E-state index contributed by atoms with van der Waals surface area (Å²) in [5.74, 6) is 0.276. The Hall–Kier alpha value is -0.840. The summed E-state index contributed by atoms with van der Waals surface area (Å²) in [6, 6.07) is 2.43. The highest BCUT2D eigenvalue weighted by Gasteiger charge is 2.56. The molecule has 14 heavy (non-hydrogen) atoms. The molecule has 0 N–H and O–H groups in total. The molecule has 2 nitrogen and oxygen atoms in total. The van der Waals surface area contributed by atoms with Crippen molar-refractivity contribution in [2.75, 3.05) is 0 Å². The fourth-order valence-electron chi connectivity index (χ4n) is 3.07. The largest absolute Gasteiger partial charge is 0.300 e. The summed E-state index contributed by atoms with van der Waals surface area (Å²) in [5, 5.41) is 9.27. The van der Waals surface area contributed by atoms with Gasteiger partial charge in [0, 0.05) is 12.8 Å². The summed E-state index contributed by atoms with van der Waals surface area (Å²) < 4.78 is 0. The third-order valence-corrected chi connectivity index (χ3v) is 4.32. The molecule has 0 spiro atoms. The molecule has 2 saturated carbocycles. The van der Waals surface area contributed by atoms with Gasteiger partial charge < -0.3 is 0 Å². The van der Waals surface area contributed by atoms with Crippen molar-refractivity contribution in [1.29, 1.82) is 5.26 Å². The van der Waals surface area contributed by atoms with E-state index in [2.05, 4.69) is 13.0 Å². The Bertz CT molecular complexity index is 286. The lowest BCUT2D eigenvalue weighted by Gasteiger charge is -2.50. The number of rotatable bonds is 1. The van der Waals surface area contributed by atoms with E-state index in [9.17, 15) is 10.1 Å². The van der Waals surface area contributed by atoms with E-state index in [-0.39, 0.29) is 16.6 Å². The van der Waals surface area contributed by atoms with E-state index >= 15 is 0 Å². The highest BCUT2D eigenvalue weighted by molar-refractivity contribution is 5.87. The summed E-state index contributed by atoms with van der Waals surface area (Å²) >= 11 is 0. The van der Waals surface area contributed by atoms with Crippen LogP contribution in [0, 0.1) is 22.2 Å². The minimum Gasteiger partial charge on any atom is -0.300 e. The van der Waals surface area contributed by atoms with Gasteiger partial charge in [-0.3, -0.25) is 4.79 Å². The topological polar surface area (TPSA) is 40.9 Å². The fourth-order valence-corrected chi connectivity index (χ4v) is 3.07. The second-order valence-corrected chi connectivity index (χ2v) is 5.21. The SMILES string of the molecule is CC1(C2(C#N)CC(=O)C2)CCCCC1. The van der Waals surface area contributed by atoms with Crippen molar-refractivity contribution >= 4 is 5.78 Å². The Labute approximate surface area is 85.3 Å². The molecule has 2 aliphatic carbocycles. The van der Waals surface area contributed by atoms with Crippen LogP contribution in [0.4, 0.5) is 0 Å². The second kappa shape index (κ2) is 3.08. The van der Waals surface area contributed by atoms with Gasteiger partial charge in [-0.2, -0.15) is 5.26 Å². The molecule has 2 fully saturated rings. The van der Waals surface area contributed by atoms with E-state index in [1.807, 2.05) is 0 Å². The molecule has 2 aliphatic rings. The summed E-state index contributed by atoms with van der Waals surface area (Å²) in [6.07, 6.45) is 7.05. The molecule has 0 aromatic carbocycles. The number of nitriles is 1. The molecule has 0 atom stereocenters. The van der Waals surface area contributed by atoms with E-state index < -0.39 is 0 Å². The summed E-state index contributed by atoms with van der Waals surface area (Å²) in [7, 11) is 0. The maximum atomic E-state index is 11.1. The van der Waals surface area contributed by atoms with Gasteiger partial charge in [0.05, 0.1) is 11.5 Å². The Balaban J connectivity index is 2.19. The molecule has 0 amide bonds. The molecule has 0 unspecified atom stereocenters. The zero-order valence-electron chi connectivity index (χ0n) is 8.81. The van der Waals surface area contributed by atoms with Crippen LogP contribution in [-0.2, 0) is 4.79 Å². The molecule has 0 aliphatic heterocycles. The lowest BCUT2D eigenvalue weighted by molar-refractivity contribution is -0.138. The summed E-state index contributed by atoms with van der Waals surface area (Å²) in [6.45, 7) is 2.21. The van der Waals surface area contributed by atoms with E-state index in [0.717, 1.165) is 12.8 Å². The first kappa shape index (κ1) is 9.71. The monoisotopic (exact) mass is 191 g/mol. The van der Waals surface area contributed by atoms with Gasteiger partial charge in [0.1, 0.15) is 5.78 Å². The van der Waals surface area contributed by atoms with Crippen molar-refractivity contribution in [3.8, 4) is 6.07 Å². The van der Waals surface area contributed by atoms with Crippen LogP contribution >= 0.6 is 0 Å². The second-order valence-electron chi connectivity index (χ2n) is 5.21. The molecule has 0 heterocycles. The van der Waals surface area contributed by atoms with Gasteiger partial charge >= 0.3 is 0 Å². The van der Waals surface area contributed by atoms with Crippen LogP contribution in [0.2, 0.25) is 0 Å². The normalized spacial score (nSPS) is 29.0. The average molecular weight is 191 g/mol. The number of Topliss-reactive ketones (excluding diaryl/α,β-unsaturated/α-hetero) is 1. The summed E-state index contributed by atoms with van der Waals surface area (Å²) in [5.41, 5.74) is -0.182. The maximum absolute atomic E-state index is 11.1. The van der Waals surface area contributed by atoms with Crippen LogP contribution in [0.3, 0.4) is 0 Å². The first-order valence-electron chi connectivity index (χ1n) is 5.55. The molecule has 0 saturated heterocycles. The zero-order valence-corrected chi connectivity index (χ0v) is 8.81. The van der Waals surface area contributed by atoms with Crippen molar-refractivity contribution in [2.45, 2.75) is 51.9 Å². The molecular weight excluding hydrogens is 174 g/mol. The van der Waals surface area contributed by atoms with Crippen molar-refractivity contribution in [2.24, 2.45) is 10.8 Å². The smallest absolute Gasteiger partial charge is 0.136 e. The Morgan fingerprint density at radius 1 is 1.21 bits per heavy atom. The predicted molar refractivity (Wildman–Crippen MR) is 53.5 cm³/mol. The molecule has 0 bridgehead atoms. The van der Waals surface area contributed by atoms with E-state index in [4.69, 9.17) is 0 Å². The Morgan fingerprint density at radius 3 is 2.21 bits per heavy atom. The van der Waals surface area contributed by atoms with E-state index in [1.165, 1.54) is 19.3 Å². The van der Waals surface area contributed by atoms with Crippen molar-refractivity contribution < 1.29 is 4.79 Å². The van der Waals surface area contributed by atoms with Gasteiger partial charge in [-0.15, -0.1) is 0 Å².